The van der Waals surface area contributed by atoms with E-state index in [9.17, 15) is 9.90 Å². The maximum absolute atomic E-state index is 10.9. The average molecular weight is 287 g/mol. The third-order valence-corrected chi connectivity index (χ3v) is 3.77. The number of phenols is 1. The van der Waals surface area contributed by atoms with Crippen LogP contribution in [0.3, 0.4) is 0 Å². The van der Waals surface area contributed by atoms with E-state index >= 15 is 0 Å². The highest BCUT2D eigenvalue weighted by Gasteiger charge is 2.49. The van der Waals surface area contributed by atoms with Gasteiger partial charge in [0.2, 0.25) is 5.75 Å². The van der Waals surface area contributed by atoms with E-state index in [4.69, 9.17) is 26.2 Å². The summed E-state index contributed by atoms with van der Waals surface area (Å²) in [5.41, 5.74) is -0.152. The molecule has 0 atom stereocenters. The molecule has 0 amide bonds. The largest absolute Gasteiger partial charge is 0.504 e. The molecule has 5 nitrogen and oxygen atoms in total. The fraction of sp³-hybridized carbons (Fsp3) is 0.462. The number of carbonyl (C=O) groups is 1. The van der Waals surface area contributed by atoms with Crippen LogP contribution in [0.15, 0.2) is 6.07 Å². The third kappa shape index (κ3) is 2.30. The second kappa shape index (κ2) is 4.81. The van der Waals surface area contributed by atoms with Crippen molar-refractivity contribution < 1.29 is 24.5 Å². The molecule has 2 N–H and O–H groups in total. The minimum Gasteiger partial charge on any atom is -0.504 e. The Morgan fingerprint density at radius 3 is 2.47 bits per heavy atom. The molecule has 104 valence electrons. The first-order valence-electron chi connectivity index (χ1n) is 5.81. The van der Waals surface area contributed by atoms with E-state index in [-0.39, 0.29) is 17.9 Å². The molecule has 1 aromatic carbocycles. The minimum atomic E-state index is -0.914. The number of phenolic OH excluding ortho intramolecular Hbond substituents is 1. The first kappa shape index (κ1) is 13.8. The zero-order valence-corrected chi connectivity index (χ0v) is 11.5. The van der Waals surface area contributed by atoms with E-state index in [1.165, 1.54) is 20.3 Å². The van der Waals surface area contributed by atoms with Crippen molar-refractivity contribution in [2.45, 2.75) is 24.7 Å². The zero-order valence-electron chi connectivity index (χ0n) is 10.7. The van der Waals surface area contributed by atoms with E-state index in [1.807, 2.05) is 0 Å². The number of hydrogen-bond acceptors (Lipinski definition) is 4. The first-order valence-corrected chi connectivity index (χ1v) is 6.18. The number of aromatic hydroxyl groups is 1. The van der Waals surface area contributed by atoms with Crippen molar-refractivity contribution in [3.63, 3.8) is 0 Å². The minimum absolute atomic E-state index is 0.0598. The molecule has 19 heavy (non-hydrogen) atoms. The molecule has 0 heterocycles. The van der Waals surface area contributed by atoms with Crippen LogP contribution in [-0.4, -0.2) is 30.4 Å². The molecule has 0 radical (unpaired) electrons. The van der Waals surface area contributed by atoms with Gasteiger partial charge in [0, 0.05) is 17.0 Å². The van der Waals surface area contributed by atoms with Crippen molar-refractivity contribution in [3.8, 4) is 17.2 Å². The van der Waals surface area contributed by atoms with Crippen LogP contribution in [0.4, 0.5) is 0 Å². The number of carboxylic acid groups (broad SMARTS) is 1. The van der Waals surface area contributed by atoms with Crippen LogP contribution in [0.1, 0.15) is 24.8 Å². The van der Waals surface area contributed by atoms with E-state index in [1.54, 1.807) is 0 Å². The van der Waals surface area contributed by atoms with Crippen LogP contribution in [-0.2, 0) is 10.2 Å². The van der Waals surface area contributed by atoms with E-state index in [2.05, 4.69) is 0 Å². The van der Waals surface area contributed by atoms with Crippen LogP contribution in [0, 0.1) is 0 Å². The highest BCUT2D eigenvalue weighted by Crippen LogP contribution is 2.59. The summed E-state index contributed by atoms with van der Waals surface area (Å²) in [6.07, 6.45) is 1.31. The van der Waals surface area contributed by atoms with Crippen LogP contribution in [0.5, 0.6) is 17.2 Å². The standard InChI is InChI=1S/C13H15ClO5/c1-18-8-5-7(14)10(11(17)12(8)19-2)13(3-4-13)6-9(15)16/h5,17H,3-4,6H2,1-2H3,(H,15,16). The summed E-state index contributed by atoms with van der Waals surface area (Å²) >= 11 is 6.16. The monoisotopic (exact) mass is 286 g/mol. The Kier molecular flexibility index (Phi) is 3.49. The van der Waals surface area contributed by atoms with E-state index in [0.29, 0.717) is 29.2 Å². The lowest BCUT2D eigenvalue weighted by Crippen LogP contribution is -2.14. The molecular formula is C13H15ClO5. The highest BCUT2D eigenvalue weighted by molar-refractivity contribution is 6.32. The average Bonchev–Trinajstić information content (AvgIpc) is 3.07. The van der Waals surface area contributed by atoms with Gasteiger partial charge >= 0.3 is 5.97 Å². The van der Waals surface area contributed by atoms with Gasteiger partial charge in [0.25, 0.3) is 0 Å². The lowest BCUT2D eigenvalue weighted by Gasteiger charge is -2.20. The van der Waals surface area contributed by atoms with Gasteiger partial charge in [-0.05, 0) is 12.8 Å². The van der Waals surface area contributed by atoms with Gasteiger partial charge in [-0.3, -0.25) is 4.79 Å². The van der Waals surface area contributed by atoms with Gasteiger partial charge in [0.1, 0.15) is 0 Å². The number of aliphatic carboxylic acids is 1. The predicted molar refractivity (Wildman–Crippen MR) is 69.4 cm³/mol. The first-order chi connectivity index (χ1) is 8.95. The summed E-state index contributed by atoms with van der Waals surface area (Å²) in [6, 6.07) is 1.54. The third-order valence-electron chi connectivity index (χ3n) is 3.47. The van der Waals surface area contributed by atoms with Gasteiger partial charge in [-0.15, -0.1) is 0 Å². The molecule has 0 saturated heterocycles. The van der Waals surface area contributed by atoms with Crippen molar-refractivity contribution >= 4 is 17.6 Å². The molecule has 1 aliphatic rings. The maximum atomic E-state index is 10.9. The van der Waals surface area contributed by atoms with Gasteiger partial charge in [-0.2, -0.15) is 0 Å². The molecule has 1 saturated carbocycles. The second-order valence-electron chi connectivity index (χ2n) is 4.67. The van der Waals surface area contributed by atoms with Crippen molar-refractivity contribution in [3.05, 3.63) is 16.7 Å². The van der Waals surface area contributed by atoms with Crippen LogP contribution >= 0.6 is 11.6 Å². The lowest BCUT2D eigenvalue weighted by molar-refractivity contribution is -0.137. The molecule has 6 heteroatoms. The Balaban J connectivity index is 2.55. The van der Waals surface area contributed by atoms with Gasteiger partial charge in [0.05, 0.1) is 25.7 Å². The fourth-order valence-corrected chi connectivity index (χ4v) is 2.79. The van der Waals surface area contributed by atoms with Crippen molar-refractivity contribution in [1.82, 2.24) is 0 Å². The molecule has 0 spiro atoms. The quantitative estimate of drug-likeness (QED) is 0.870. The van der Waals surface area contributed by atoms with Crippen molar-refractivity contribution in [2.75, 3.05) is 14.2 Å². The van der Waals surface area contributed by atoms with Crippen LogP contribution in [0.2, 0.25) is 5.02 Å². The van der Waals surface area contributed by atoms with E-state index < -0.39 is 11.4 Å². The van der Waals surface area contributed by atoms with Gasteiger partial charge < -0.3 is 19.7 Å². The number of rotatable bonds is 5. The number of halogens is 1. The number of benzene rings is 1. The smallest absolute Gasteiger partial charge is 0.304 e. The van der Waals surface area contributed by atoms with Gasteiger partial charge in [-0.25, -0.2) is 0 Å². The Hall–Kier alpha value is -1.62. The van der Waals surface area contributed by atoms with E-state index in [0.717, 1.165) is 0 Å². The zero-order chi connectivity index (χ0) is 14.2. The number of hydrogen-bond donors (Lipinski definition) is 2. The normalized spacial score (nSPS) is 15.9. The summed E-state index contributed by atoms with van der Waals surface area (Å²) in [7, 11) is 2.85. The Morgan fingerprint density at radius 1 is 1.42 bits per heavy atom. The Labute approximate surface area is 115 Å². The molecule has 2 rings (SSSR count). The van der Waals surface area contributed by atoms with Crippen molar-refractivity contribution in [2.24, 2.45) is 0 Å². The Bertz CT molecular complexity index is 522. The molecule has 0 bridgehead atoms. The van der Waals surface area contributed by atoms with Crippen LogP contribution in [0.25, 0.3) is 0 Å². The lowest BCUT2D eigenvalue weighted by atomic mass is 9.91. The topological polar surface area (TPSA) is 76.0 Å². The number of ether oxygens (including phenoxy) is 2. The molecular weight excluding hydrogens is 272 g/mol. The van der Waals surface area contributed by atoms with Gasteiger partial charge in [0.15, 0.2) is 11.5 Å². The van der Waals surface area contributed by atoms with Crippen LogP contribution < -0.4 is 9.47 Å². The number of methoxy groups -OCH3 is 2. The molecule has 1 aromatic rings. The molecule has 1 fully saturated rings. The molecule has 0 aliphatic heterocycles. The predicted octanol–water partition coefficient (Wildman–Crippen LogP) is 2.57. The summed E-state index contributed by atoms with van der Waals surface area (Å²) in [5.74, 6) is -0.549. The molecule has 0 unspecified atom stereocenters. The Morgan fingerprint density at radius 2 is 2.05 bits per heavy atom. The summed E-state index contributed by atoms with van der Waals surface area (Å²) in [5, 5.41) is 19.6. The fourth-order valence-electron chi connectivity index (χ4n) is 2.41. The summed E-state index contributed by atoms with van der Waals surface area (Å²) in [6.45, 7) is 0. The number of carboxylic acids is 1. The van der Waals surface area contributed by atoms with Crippen molar-refractivity contribution in [1.29, 1.82) is 0 Å². The summed E-state index contributed by atoms with van der Waals surface area (Å²) in [4.78, 5) is 10.9. The highest BCUT2D eigenvalue weighted by atomic mass is 35.5. The SMILES string of the molecule is COc1cc(Cl)c(C2(CC(=O)O)CC2)c(O)c1OC. The summed E-state index contributed by atoms with van der Waals surface area (Å²) < 4.78 is 10.2. The molecule has 1 aliphatic carbocycles. The maximum Gasteiger partial charge on any atom is 0.304 e. The molecule has 0 aromatic heterocycles. The second-order valence-corrected chi connectivity index (χ2v) is 5.08. The van der Waals surface area contributed by atoms with Gasteiger partial charge in [-0.1, -0.05) is 11.6 Å².